The van der Waals surface area contributed by atoms with Gasteiger partial charge >= 0.3 is 0 Å². The summed E-state index contributed by atoms with van der Waals surface area (Å²) >= 11 is 0. The lowest BCUT2D eigenvalue weighted by atomic mass is 9.98. The summed E-state index contributed by atoms with van der Waals surface area (Å²) in [6.45, 7) is 5.52. The Kier molecular flexibility index (Phi) is 5.21. The van der Waals surface area contributed by atoms with Gasteiger partial charge in [-0.3, -0.25) is 4.90 Å². The molecule has 1 aromatic carbocycles. The molecule has 1 saturated heterocycles. The molecule has 0 bridgehead atoms. The molecule has 0 amide bonds. The molecule has 1 fully saturated rings. The van der Waals surface area contributed by atoms with E-state index in [1.807, 2.05) is 0 Å². The number of benzene rings is 1. The molecule has 0 aromatic heterocycles. The number of rotatable bonds is 6. The number of nitrogens with zero attached hydrogens (tertiary/aromatic N) is 1. The zero-order valence-corrected chi connectivity index (χ0v) is 11.6. The Labute approximate surface area is 111 Å². The summed E-state index contributed by atoms with van der Waals surface area (Å²) in [5, 5.41) is 0. The van der Waals surface area contributed by atoms with E-state index in [4.69, 9.17) is 5.73 Å². The Morgan fingerprint density at radius 3 is 2.39 bits per heavy atom. The maximum absolute atomic E-state index is 5.68. The number of likely N-dealkylation sites (tertiary alicyclic amines) is 1. The highest BCUT2D eigenvalue weighted by molar-refractivity contribution is 5.25. The summed E-state index contributed by atoms with van der Waals surface area (Å²) in [5.41, 5.74) is 8.58. The number of aryl methyl sites for hydroxylation is 1. The van der Waals surface area contributed by atoms with Crippen LogP contribution in [-0.4, -0.2) is 24.5 Å². The van der Waals surface area contributed by atoms with Crippen LogP contribution in [0.2, 0.25) is 0 Å². The largest absolute Gasteiger partial charge is 0.330 e. The molecule has 18 heavy (non-hydrogen) atoms. The van der Waals surface area contributed by atoms with E-state index in [-0.39, 0.29) is 0 Å². The predicted octanol–water partition coefficient (Wildman–Crippen LogP) is 3.12. The van der Waals surface area contributed by atoms with Crippen molar-refractivity contribution in [2.45, 2.75) is 45.1 Å². The van der Waals surface area contributed by atoms with Crippen molar-refractivity contribution < 1.29 is 0 Å². The molecule has 0 aliphatic carbocycles. The lowest BCUT2D eigenvalue weighted by Gasteiger charge is -2.28. The van der Waals surface area contributed by atoms with Crippen LogP contribution in [0, 0.1) is 0 Å². The molecule has 2 heteroatoms. The van der Waals surface area contributed by atoms with Gasteiger partial charge in [0.05, 0.1) is 0 Å². The minimum atomic E-state index is 0.585. The summed E-state index contributed by atoms with van der Waals surface area (Å²) in [6.07, 6.45) is 6.15. The smallest absolute Gasteiger partial charge is 0.0348 e. The lowest BCUT2D eigenvalue weighted by molar-refractivity contribution is 0.231. The van der Waals surface area contributed by atoms with E-state index in [2.05, 4.69) is 36.1 Å². The van der Waals surface area contributed by atoms with Gasteiger partial charge in [0, 0.05) is 6.04 Å². The molecule has 1 atom stereocenters. The lowest BCUT2D eigenvalue weighted by Crippen LogP contribution is -2.26. The molecule has 1 aliphatic heterocycles. The van der Waals surface area contributed by atoms with Crippen LogP contribution in [-0.2, 0) is 6.42 Å². The SMILES string of the molecule is CCc1ccc(C(CCCN)N2CCCC2)cc1. The first-order chi connectivity index (χ1) is 8.85. The van der Waals surface area contributed by atoms with Crippen LogP contribution in [0.3, 0.4) is 0 Å². The van der Waals surface area contributed by atoms with Crippen molar-refractivity contribution in [3.63, 3.8) is 0 Å². The summed E-state index contributed by atoms with van der Waals surface area (Å²) in [4.78, 5) is 2.64. The summed E-state index contributed by atoms with van der Waals surface area (Å²) in [6, 6.07) is 9.78. The highest BCUT2D eigenvalue weighted by Crippen LogP contribution is 2.29. The highest BCUT2D eigenvalue weighted by atomic mass is 15.2. The second kappa shape index (κ2) is 6.91. The van der Waals surface area contributed by atoms with Gasteiger partial charge in [-0.2, -0.15) is 0 Å². The Morgan fingerprint density at radius 2 is 1.83 bits per heavy atom. The van der Waals surface area contributed by atoms with Crippen LogP contribution in [0.25, 0.3) is 0 Å². The Balaban J connectivity index is 2.10. The van der Waals surface area contributed by atoms with Crippen LogP contribution in [0.5, 0.6) is 0 Å². The third-order valence-corrected chi connectivity index (χ3v) is 4.04. The van der Waals surface area contributed by atoms with E-state index < -0.39 is 0 Å². The van der Waals surface area contributed by atoms with Gasteiger partial charge in [-0.15, -0.1) is 0 Å². The monoisotopic (exact) mass is 246 g/mol. The average molecular weight is 246 g/mol. The molecule has 1 aromatic rings. The molecule has 1 aliphatic rings. The van der Waals surface area contributed by atoms with Gasteiger partial charge in [-0.25, -0.2) is 0 Å². The van der Waals surface area contributed by atoms with Crippen LogP contribution in [0.1, 0.15) is 49.8 Å². The predicted molar refractivity (Wildman–Crippen MR) is 77.7 cm³/mol. The van der Waals surface area contributed by atoms with E-state index in [0.717, 1.165) is 19.4 Å². The van der Waals surface area contributed by atoms with Gasteiger partial charge < -0.3 is 5.73 Å². The van der Waals surface area contributed by atoms with Crippen molar-refractivity contribution in [3.05, 3.63) is 35.4 Å². The first-order valence-electron chi connectivity index (χ1n) is 7.38. The standard InChI is InChI=1S/C16H26N2/c1-2-14-7-9-15(10-8-14)16(6-5-11-17)18-12-3-4-13-18/h7-10,16H,2-6,11-13,17H2,1H3. The fraction of sp³-hybridized carbons (Fsp3) is 0.625. The van der Waals surface area contributed by atoms with E-state index in [9.17, 15) is 0 Å². The van der Waals surface area contributed by atoms with Gasteiger partial charge in [0.15, 0.2) is 0 Å². The van der Waals surface area contributed by atoms with Gasteiger partial charge in [-0.05, 0) is 62.9 Å². The van der Waals surface area contributed by atoms with Crippen LogP contribution in [0.15, 0.2) is 24.3 Å². The molecule has 100 valence electrons. The van der Waals surface area contributed by atoms with E-state index in [1.165, 1.54) is 43.5 Å². The van der Waals surface area contributed by atoms with Gasteiger partial charge in [0.25, 0.3) is 0 Å². The normalized spacial score (nSPS) is 18.1. The van der Waals surface area contributed by atoms with Crippen molar-refractivity contribution >= 4 is 0 Å². The fourth-order valence-electron chi connectivity index (χ4n) is 2.90. The Morgan fingerprint density at radius 1 is 1.17 bits per heavy atom. The Bertz CT molecular complexity index is 339. The topological polar surface area (TPSA) is 29.3 Å². The highest BCUT2D eigenvalue weighted by Gasteiger charge is 2.22. The molecule has 1 heterocycles. The van der Waals surface area contributed by atoms with Crippen molar-refractivity contribution in [1.29, 1.82) is 0 Å². The number of hydrogen-bond acceptors (Lipinski definition) is 2. The van der Waals surface area contributed by atoms with Crippen LogP contribution < -0.4 is 5.73 Å². The van der Waals surface area contributed by atoms with Crippen molar-refractivity contribution in [1.82, 2.24) is 4.90 Å². The first-order valence-corrected chi connectivity index (χ1v) is 7.38. The number of hydrogen-bond donors (Lipinski definition) is 1. The van der Waals surface area contributed by atoms with E-state index >= 15 is 0 Å². The zero-order valence-electron chi connectivity index (χ0n) is 11.6. The van der Waals surface area contributed by atoms with Crippen molar-refractivity contribution in [3.8, 4) is 0 Å². The molecule has 2 nitrogen and oxygen atoms in total. The molecule has 1 unspecified atom stereocenters. The quantitative estimate of drug-likeness (QED) is 0.835. The minimum absolute atomic E-state index is 0.585. The summed E-state index contributed by atoms with van der Waals surface area (Å²) in [7, 11) is 0. The maximum Gasteiger partial charge on any atom is 0.0348 e. The second-order valence-electron chi connectivity index (χ2n) is 5.28. The van der Waals surface area contributed by atoms with E-state index in [1.54, 1.807) is 0 Å². The Hall–Kier alpha value is -0.860. The summed E-state index contributed by atoms with van der Waals surface area (Å²) in [5.74, 6) is 0. The zero-order chi connectivity index (χ0) is 12.8. The van der Waals surface area contributed by atoms with Gasteiger partial charge in [0.1, 0.15) is 0 Å². The molecule has 2 rings (SSSR count). The second-order valence-corrected chi connectivity index (χ2v) is 5.28. The van der Waals surface area contributed by atoms with Gasteiger partial charge in [-0.1, -0.05) is 31.2 Å². The molecular formula is C16H26N2. The van der Waals surface area contributed by atoms with Crippen LogP contribution in [0.4, 0.5) is 0 Å². The maximum atomic E-state index is 5.68. The fourth-order valence-corrected chi connectivity index (χ4v) is 2.90. The third-order valence-electron chi connectivity index (χ3n) is 4.04. The molecule has 2 N–H and O–H groups in total. The first kappa shape index (κ1) is 13.6. The molecule has 0 radical (unpaired) electrons. The third kappa shape index (κ3) is 3.33. The molecule has 0 saturated carbocycles. The molecule has 0 spiro atoms. The summed E-state index contributed by atoms with van der Waals surface area (Å²) < 4.78 is 0. The average Bonchev–Trinajstić information content (AvgIpc) is 2.94. The molecular weight excluding hydrogens is 220 g/mol. The van der Waals surface area contributed by atoms with E-state index in [0.29, 0.717) is 6.04 Å². The number of nitrogens with two attached hydrogens (primary N) is 1. The van der Waals surface area contributed by atoms with Crippen molar-refractivity contribution in [2.75, 3.05) is 19.6 Å². The van der Waals surface area contributed by atoms with Crippen LogP contribution >= 0.6 is 0 Å². The van der Waals surface area contributed by atoms with Gasteiger partial charge in [0.2, 0.25) is 0 Å². The van der Waals surface area contributed by atoms with Crippen molar-refractivity contribution in [2.24, 2.45) is 5.73 Å². The minimum Gasteiger partial charge on any atom is -0.330 e.